The van der Waals surface area contributed by atoms with Crippen molar-refractivity contribution < 1.29 is 4.74 Å². The van der Waals surface area contributed by atoms with Gasteiger partial charge in [-0.05, 0) is 29.9 Å². The molecular weight excluding hydrogens is 178 g/mol. The summed E-state index contributed by atoms with van der Waals surface area (Å²) in [5, 5.41) is 0.895. The van der Waals surface area contributed by atoms with Crippen molar-refractivity contribution >= 4 is 22.5 Å². The van der Waals surface area contributed by atoms with Gasteiger partial charge < -0.3 is 4.74 Å². The zero-order valence-corrected chi connectivity index (χ0v) is 8.08. The van der Waals surface area contributed by atoms with Gasteiger partial charge in [0.1, 0.15) is 10.8 Å². The molecule has 0 bridgehead atoms. The standard InChI is InChI=1S/C7H9NOS2/c1-5-6(9-2)3-4-7(8-5)11-10/h3-4,10H,1-2H3. The van der Waals surface area contributed by atoms with Crippen molar-refractivity contribution in [2.75, 3.05) is 7.11 Å². The molecule has 0 saturated heterocycles. The van der Waals surface area contributed by atoms with Crippen LogP contribution in [-0.2, 0) is 0 Å². The van der Waals surface area contributed by atoms with Crippen LogP contribution in [0.2, 0.25) is 0 Å². The van der Waals surface area contributed by atoms with Crippen molar-refractivity contribution in [1.82, 2.24) is 4.98 Å². The van der Waals surface area contributed by atoms with Gasteiger partial charge in [0, 0.05) is 0 Å². The van der Waals surface area contributed by atoms with Crippen molar-refractivity contribution in [1.29, 1.82) is 0 Å². The molecule has 0 atom stereocenters. The van der Waals surface area contributed by atoms with Crippen LogP contribution in [-0.4, -0.2) is 12.1 Å². The number of hydrogen-bond acceptors (Lipinski definition) is 4. The van der Waals surface area contributed by atoms with E-state index in [1.807, 2.05) is 19.1 Å². The van der Waals surface area contributed by atoms with Crippen LogP contribution in [0.25, 0.3) is 0 Å². The largest absolute Gasteiger partial charge is 0.495 e. The molecule has 0 radical (unpaired) electrons. The van der Waals surface area contributed by atoms with Gasteiger partial charge >= 0.3 is 0 Å². The predicted molar refractivity (Wildman–Crippen MR) is 50.4 cm³/mol. The van der Waals surface area contributed by atoms with E-state index in [0.29, 0.717) is 0 Å². The van der Waals surface area contributed by atoms with Crippen LogP contribution in [0.5, 0.6) is 5.75 Å². The number of pyridine rings is 1. The van der Waals surface area contributed by atoms with Crippen LogP contribution in [0.4, 0.5) is 0 Å². The number of aryl methyl sites for hydroxylation is 1. The first-order valence-corrected chi connectivity index (χ1v) is 4.98. The molecule has 4 heteroatoms. The van der Waals surface area contributed by atoms with Crippen LogP contribution in [0, 0.1) is 6.92 Å². The normalized spacial score (nSPS) is 9.73. The van der Waals surface area contributed by atoms with Gasteiger partial charge in [-0.3, -0.25) is 0 Å². The van der Waals surface area contributed by atoms with Gasteiger partial charge in [0.15, 0.2) is 0 Å². The molecule has 0 aromatic carbocycles. The summed E-state index contributed by atoms with van der Waals surface area (Å²) >= 11 is 4.03. The molecule has 0 amide bonds. The van der Waals surface area contributed by atoms with E-state index in [-0.39, 0.29) is 0 Å². The van der Waals surface area contributed by atoms with Gasteiger partial charge in [-0.15, -0.1) is 11.7 Å². The molecule has 0 aliphatic carbocycles. The molecule has 0 aliphatic rings. The molecule has 11 heavy (non-hydrogen) atoms. The van der Waals surface area contributed by atoms with Crippen LogP contribution < -0.4 is 4.74 Å². The molecule has 1 aromatic rings. The first-order valence-electron chi connectivity index (χ1n) is 3.11. The molecule has 1 aromatic heterocycles. The lowest BCUT2D eigenvalue weighted by Crippen LogP contribution is -1.90. The summed E-state index contributed by atoms with van der Waals surface area (Å²) in [7, 11) is 2.97. The fourth-order valence-corrected chi connectivity index (χ4v) is 1.40. The molecular formula is C7H9NOS2. The maximum atomic E-state index is 5.05. The van der Waals surface area contributed by atoms with E-state index in [0.717, 1.165) is 16.5 Å². The molecule has 1 rings (SSSR count). The Hall–Kier alpha value is -0.350. The number of aromatic nitrogens is 1. The molecule has 2 nitrogen and oxygen atoms in total. The minimum Gasteiger partial charge on any atom is -0.495 e. The van der Waals surface area contributed by atoms with Crippen molar-refractivity contribution in [2.24, 2.45) is 0 Å². The topological polar surface area (TPSA) is 22.1 Å². The molecule has 1 heterocycles. The van der Waals surface area contributed by atoms with E-state index >= 15 is 0 Å². The first kappa shape index (κ1) is 8.74. The molecule has 0 saturated carbocycles. The van der Waals surface area contributed by atoms with Crippen LogP contribution in [0.1, 0.15) is 5.69 Å². The summed E-state index contributed by atoms with van der Waals surface area (Å²) in [6.07, 6.45) is 0. The fraction of sp³-hybridized carbons (Fsp3) is 0.286. The van der Waals surface area contributed by atoms with Crippen LogP contribution >= 0.6 is 22.5 Å². The van der Waals surface area contributed by atoms with E-state index in [9.17, 15) is 0 Å². The minimum absolute atomic E-state index is 0.816. The van der Waals surface area contributed by atoms with Gasteiger partial charge in [0.05, 0.1) is 12.8 Å². The average Bonchev–Trinajstić information content (AvgIpc) is 2.04. The fourth-order valence-electron chi connectivity index (χ4n) is 0.792. The Morgan fingerprint density at radius 1 is 1.55 bits per heavy atom. The lowest BCUT2D eigenvalue weighted by molar-refractivity contribution is 0.408. The van der Waals surface area contributed by atoms with Crippen molar-refractivity contribution in [3.05, 3.63) is 17.8 Å². The van der Waals surface area contributed by atoms with Gasteiger partial charge in [0.2, 0.25) is 0 Å². The third kappa shape index (κ3) is 2.04. The van der Waals surface area contributed by atoms with Crippen molar-refractivity contribution in [3.8, 4) is 5.75 Å². The van der Waals surface area contributed by atoms with Crippen molar-refractivity contribution in [3.63, 3.8) is 0 Å². The van der Waals surface area contributed by atoms with E-state index in [1.165, 1.54) is 10.8 Å². The van der Waals surface area contributed by atoms with Gasteiger partial charge in [0.25, 0.3) is 0 Å². The highest BCUT2D eigenvalue weighted by Crippen LogP contribution is 2.23. The Kier molecular flexibility index (Phi) is 3.08. The van der Waals surface area contributed by atoms with E-state index in [4.69, 9.17) is 4.74 Å². The number of rotatable bonds is 2. The maximum Gasteiger partial charge on any atom is 0.140 e. The summed E-state index contributed by atoms with van der Waals surface area (Å²) in [6, 6.07) is 3.77. The first-order chi connectivity index (χ1) is 5.27. The summed E-state index contributed by atoms with van der Waals surface area (Å²) in [4.78, 5) is 4.22. The Labute approximate surface area is 75.2 Å². The third-order valence-corrected chi connectivity index (χ3v) is 2.30. The highest BCUT2D eigenvalue weighted by Gasteiger charge is 1.99. The van der Waals surface area contributed by atoms with E-state index < -0.39 is 0 Å². The van der Waals surface area contributed by atoms with Gasteiger partial charge in [-0.1, -0.05) is 0 Å². The number of methoxy groups -OCH3 is 1. The highest BCUT2D eigenvalue weighted by molar-refractivity contribution is 8.68. The lowest BCUT2D eigenvalue weighted by atomic mass is 10.3. The highest BCUT2D eigenvalue weighted by atomic mass is 33.1. The second-order valence-corrected chi connectivity index (χ2v) is 3.18. The Morgan fingerprint density at radius 2 is 2.27 bits per heavy atom. The Balaban J connectivity index is 2.99. The summed E-state index contributed by atoms with van der Waals surface area (Å²) in [5.74, 6) is 0.816. The SMILES string of the molecule is COc1ccc(SS)nc1C. The summed E-state index contributed by atoms with van der Waals surface area (Å²) < 4.78 is 5.05. The van der Waals surface area contributed by atoms with Crippen molar-refractivity contribution in [2.45, 2.75) is 11.9 Å². The lowest BCUT2D eigenvalue weighted by Gasteiger charge is -2.03. The maximum absolute atomic E-state index is 5.05. The molecule has 0 aliphatic heterocycles. The Morgan fingerprint density at radius 3 is 2.73 bits per heavy atom. The van der Waals surface area contributed by atoms with E-state index in [2.05, 4.69) is 16.6 Å². The zero-order valence-electron chi connectivity index (χ0n) is 6.37. The minimum atomic E-state index is 0.816. The number of nitrogens with zero attached hydrogens (tertiary/aromatic N) is 1. The average molecular weight is 187 g/mol. The molecule has 0 fully saturated rings. The second-order valence-electron chi connectivity index (χ2n) is 2.03. The molecule has 60 valence electrons. The number of thiol groups is 1. The summed E-state index contributed by atoms with van der Waals surface area (Å²) in [5.41, 5.74) is 0.895. The number of hydrogen-bond donors (Lipinski definition) is 1. The smallest absolute Gasteiger partial charge is 0.140 e. The van der Waals surface area contributed by atoms with Crippen LogP contribution in [0.15, 0.2) is 17.2 Å². The summed E-state index contributed by atoms with van der Waals surface area (Å²) in [6.45, 7) is 1.91. The number of ether oxygens (including phenoxy) is 1. The zero-order chi connectivity index (χ0) is 8.27. The second kappa shape index (κ2) is 3.88. The van der Waals surface area contributed by atoms with Gasteiger partial charge in [-0.2, -0.15) is 0 Å². The van der Waals surface area contributed by atoms with Crippen LogP contribution in [0.3, 0.4) is 0 Å². The Bertz CT molecular complexity index is 252. The molecule has 0 spiro atoms. The molecule has 0 unspecified atom stereocenters. The van der Waals surface area contributed by atoms with Gasteiger partial charge in [-0.25, -0.2) is 4.98 Å². The third-order valence-electron chi connectivity index (χ3n) is 1.33. The van der Waals surface area contributed by atoms with E-state index in [1.54, 1.807) is 7.11 Å². The monoisotopic (exact) mass is 187 g/mol. The molecule has 0 N–H and O–H groups in total. The quantitative estimate of drug-likeness (QED) is 0.567. The predicted octanol–water partition coefficient (Wildman–Crippen LogP) is 2.34.